The molecule has 3 aromatic carbocycles. The molecule has 0 spiro atoms. The number of benzene rings is 3. The van der Waals surface area contributed by atoms with Crippen LogP contribution >= 0.6 is 24.0 Å². The minimum Gasteiger partial charge on any atom is -0.365 e. The molecule has 1 aromatic heterocycles. The Morgan fingerprint density at radius 3 is 2.54 bits per heavy atom. The van der Waals surface area contributed by atoms with E-state index in [0.29, 0.717) is 12.6 Å². The summed E-state index contributed by atoms with van der Waals surface area (Å²) in [6.45, 7) is 14.1. The first-order valence-corrected chi connectivity index (χ1v) is 13.7. The summed E-state index contributed by atoms with van der Waals surface area (Å²) >= 11 is 6.56. The number of hydrogen-bond acceptors (Lipinski definition) is 4. The topological polar surface area (TPSA) is 24.4 Å². The fourth-order valence-corrected chi connectivity index (χ4v) is 6.54. The summed E-state index contributed by atoms with van der Waals surface area (Å²) < 4.78 is 1.29. The number of thiophene rings is 1. The predicted octanol–water partition coefficient (Wildman–Crippen LogP) is 9.28. The Kier molecular flexibility index (Phi) is 6.31. The van der Waals surface area contributed by atoms with Gasteiger partial charge in [0, 0.05) is 15.6 Å². The van der Waals surface area contributed by atoms with Crippen molar-refractivity contribution < 1.29 is 0 Å². The van der Waals surface area contributed by atoms with Gasteiger partial charge in [0.15, 0.2) is 0 Å². The molecular formula is C31H34N2S2. The Bertz CT molecular complexity index is 1490. The average Bonchev–Trinajstić information content (AvgIpc) is 3.18. The highest BCUT2D eigenvalue weighted by atomic mass is 32.1. The quantitative estimate of drug-likeness (QED) is 0.269. The van der Waals surface area contributed by atoms with E-state index >= 15 is 0 Å². The van der Waals surface area contributed by atoms with E-state index in [1.165, 1.54) is 53.7 Å². The number of fused-ring (bicyclic) bond motifs is 4. The van der Waals surface area contributed by atoms with Gasteiger partial charge in [0.2, 0.25) is 0 Å². The molecule has 1 aliphatic rings. The first-order valence-electron chi connectivity index (χ1n) is 12.4. The first kappa shape index (κ1) is 24.1. The fraction of sp³-hybridized carbons (Fsp3) is 0.323. The highest BCUT2D eigenvalue weighted by molar-refractivity contribution is 7.84. The zero-order chi connectivity index (χ0) is 24.9. The third-order valence-electron chi connectivity index (χ3n) is 6.74. The highest BCUT2D eigenvalue weighted by Gasteiger charge is 2.25. The zero-order valence-electron chi connectivity index (χ0n) is 21.5. The van der Waals surface area contributed by atoms with Crippen molar-refractivity contribution in [2.45, 2.75) is 53.4 Å². The molecule has 1 N–H and O–H groups in total. The molecule has 0 bridgehead atoms. The molecule has 1 aliphatic heterocycles. The number of thiol groups is 1. The largest absolute Gasteiger partial charge is 0.365 e. The van der Waals surface area contributed by atoms with E-state index in [1.54, 1.807) is 0 Å². The summed E-state index contributed by atoms with van der Waals surface area (Å²) in [7, 11) is 0. The van der Waals surface area contributed by atoms with E-state index in [2.05, 4.69) is 101 Å². The van der Waals surface area contributed by atoms with Gasteiger partial charge in [-0.25, -0.2) is 0 Å². The van der Waals surface area contributed by atoms with Crippen molar-refractivity contribution in [3.8, 4) is 0 Å². The Labute approximate surface area is 218 Å². The van der Waals surface area contributed by atoms with Crippen molar-refractivity contribution in [3.05, 3.63) is 81.1 Å². The van der Waals surface area contributed by atoms with Crippen molar-refractivity contribution in [3.63, 3.8) is 0 Å². The van der Waals surface area contributed by atoms with Gasteiger partial charge in [-0.1, -0.05) is 71.0 Å². The number of nitrogens with one attached hydrogen (secondary N) is 1. The van der Waals surface area contributed by atoms with Crippen molar-refractivity contribution in [2.24, 2.45) is 10.9 Å². The maximum atomic E-state index is 4.99. The summed E-state index contributed by atoms with van der Waals surface area (Å²) in [5.41, 5.74) is 7.54. The Morgan fingerprint density at radius 1 is 1.06 bits per heavy atom. The Balaban J connectivity index is 1.66. The number of aliphatic imine (C=N–C) groups is 1. The second-order valence-corrected chi connectivity index (χ2v) is 12.7. The van der Waals surface area contributed by atoms with Gasteiger partial charge in [-0.3, -0.25) is 4.99 Å². The van der Waals surface area contributed by atoms with Crippen molar-refractivity contribution in [2.75, 3.05) is 12.0 Å². The Hall–Kier alpha value is -2.56. The smallest absolute Gasteiger partial charge is 0.108 e. The predicted molar refractivity (Wildman–Crippen MR) is 160 cm³/mol. The summed E-state index contributed by atoms with van der Waals surface area (Å²) in [6.07, 6.45) is 1.03. The van der Waals surface area contributed by atoms with Crippen LogP contribution in [0.2, 0.25) is 0 Å². The van der Waals surface area contributed by atoms with Gasteiger partial charge >= 0.3 is 0 Å². The van der Waals surface area contributed by atoms with Crippen LogP contribution in [0.3, 0.4) is 0 Å². The molecule has 0 unspecified atom stereocenters. The van der Waals surface area contributed by atoms with Crippen LogP contribution < -0.4 is 5.32 Å². The number of rotatable bonds is 4. The second-order valence-electron chi connectivity index (χ2n) is 11.0. The lowest BCUT2D eigenvalue weighted by Crippen LogP contribution is -2.17. The normalized spacial score (nSPS) is 14.7. The van der Waals surface area contributed by atoms with Gasteiger partial charge in [-0.2, -0.15) is 0 Å². The fourth-order valence-electron chi connectivity index (χ4n) is 5.07. The minimum absolute atomic E-state index is 0.0465. The van der Waals surface area contributed by atoms with Gasteiger partial charge < -0.3 is 5.32 Å². The molecule has 180 valence electrons. The van der Waals surface area contributed by atoms with E-state index in [0.717, 1.165) is 17.0 Å². The van der Waals surface area contributed by atoms with E-state index in [1.807, 2.05) is 11.3 Å². The van der Waals surface area contributed by atoms with E-state index in [-0.39, 0.29) is 5.41 Å². The third kappa shape index (κ3) is 4.54. The first-order chi connectivity index (χ1) is 16.6. The van der Waals surface area contributed by atoms with Crippen LogP contribution in [-0.4, -0.2) is 12.4 Å². The van der Waals surface area contributed by atoms with Crippen molar-refractivity contribution in [1.29, 1.82) is 0 Å². The van der Waals surface area contributed by atoms with Gasteiger partial charge in [0.25, 0.3) is 0 Å². The van der Waals surface area contributed by atoms with Crippen LogP contribution in [0.25, 0.3) is 26.4 Å². The average molecular weight is 499 g/mol. The van der Waals surface area contributed by atoms with E-state index < -0.39 is 0 Å². The summed E-state index contributed by atoms with van der Waals surface area (Å²) in [4.78, 5) is 7.32. The van der Waals surface area contributed by atoms with Crippen LogP contribution in [0, 0.1) is 5.92 Å². The molecule has 4 heteroatoms. The lowest BCUT2D eigenvalue weighted by atomic mass is 9.82. The molecule has 2 heterocycles. The van der Waals surface area contributed by atoms with Gasteiger partial charge in [0.05, 0.1) is 16.3 Å². The minimum atomic E-state index is 0.0465. The van der Waals surface area contributed by atoms with Gasteiger partial charge in [-0.05, 0) is 75.3 Å². The zero-order valence-corrected chi connectivity index (χ0v) is 23.2. The van der Waals surface area contributed by atoms with E-state index in [9.17, 15) is 0 Å². The molecule has 35 heavy (non-hydrogen) atoms. The summed E-state index contributed by atoms with van der Waals surface area (Å²) in [6, 6.07) is 20.3. The number of allylic oxidation sites excluding steroid dienone is 2. The molecule has 0 atom stereocenters. The molecule has 0 saturated heterocycles. The number of hydrogen-bond donors (Lipinski definition) is 2. The summed E-state index contributed by atoms with van der Waals surface area (Å²) in [5, 5.41) is 7.44. The van der Waals surface area contributed by atoms with Crippen LogP contribution in [0.15, 0.2) is 64.5 Å². The summed E-state index contributed by atoms with van der Waals surface area (Å²) in [5.74, 6) is 0.588. The number of anilines is 1. The van der Waals surface area contributed by atoms with Crippen molar-refractivity contribution in [1.82, 2.24) is 0 Å². The van der Waals surface area contributed by atoms with Gasteiger partial charge in [-0.15, -0.1) is 24.0 Å². The van der Waals surface area contributed by atoms with E-state index in [4.69, 9.17) is 17.6 Å². The third-order valence-corrected chi connectivity index (χ3v) is 8.17. The maximum absolute atomic E-state index is 4.99. The van der Waals surface area contributed by atoms with Crippen molar-refractivity contribution >= 4 is 61.8 Å². The lowest BCUT2D eigenvalue weighted by molar-refractivity contribution is 0.596. The standard InChI is InChI=1S/C31H34N2S2/c1-18(2)13-25(19(3)34)21-11-12-24-27(16-21)35-30-28(32-17-33-29(24)30)22-14-20-9-7-8-10-23(20)26(15-22)31(4,5)6/h7-12,14-16,18,33-34H,13,17H2,1-6H3/b25-19-. The van der Waals surface area contributed by atoms with Gasteiger partial charge in [0.1, 0.15) is 6.67 Å². The molecular weight excluding hydrogens is 464 g/mol. The molecule has 0 amide bonds. The maximum Gasteiger partial charge on any atom is 0.108 e. The lowest BCUT2D eigenvalue weighted by Gasteiger charge is -2.24. The SMILES string of the molecule is C/C(S)=C(\CC(C)C)c1ccc2c3c(sc2c1)C(c1cc(C(C)(C)C)c2ccccc2c1)=NCN3. The number of nitrogens with zero attached hydrogens (tertiary/aromatic N) is 1. The molecule has 0 radical (unpaired) electrons. The van der Waals surface area contributed by atoms with Crippen LogP contribution in [-0.2, 0) is 5.41 Å². The Morgan fingerprint density at radius 2 is 1.83 bits per heavy atom. The van der Waals surface area contributed by atoms with Crippen LogP contribution in [0.4, 0.5) is 5.69 Å². The molecule has 0 aliphatic carbocycles. The molecule has 5 rings (SSSR count). The molecule has 0 fully saturated rings. The molecule has 2 nitrogen and oxygen atoms in total. The van der Waals surface area contributed by atoms with Crippen LogP contribution in [0.5, 0.6) is 0 Å². The molecule has 0 saturated carbocycles. The highest BCUT2D eigenvalue weighted by Crippen LogP contribution is 2.42. The van der Waals surface area contributed by atoms with Crippen LogP contribution in [0.1, 0.15) is 69.5 Å². The molecule has 4 aromatic rings. The monoisotopic (exact) mass is 498 g/mol. The second kappa shape index (κ2) is 9.15.